The van der Waals surface area contributed by atoms with Gasteiger partial charge in [0.2, 0.25) is 0 Å². The molecule has 0 saturated carbocycles. The number of aromatic amines is 1. The predicted octanol–water partition coefficient (Wildman–Crippen LogP) is 3.57. The zero-order chi connectivity index (χ0) is 13.2. The third-order valence-electron chi connectivity index (χ3n) is 3.36. The van der Waals surface area contributed by atoms with Crippen LogP contribution in [0.4, 0.5) is 0 Å². The van der Waals surface area contributed by atoms with Crippen molar-refractivity contribution in [1.29, 1.82) is 0 Å². The van der Waals surface area contributed by atoms with E-state index >= 15 is 0 Å². The van der Waals surface area contributed by atoms with Gasteiger partial charge in [0.05, 0.1) is 11.7 Å². The van der Waals surface area contributed by atoms with Crippen LogP contribution in [0.5, 0.6) is 0 Å². The van der Waals surface area contributed by atoms with Crippen molar-refractivity contribution >= 4 is 11.0 Å². The van der Waals surface area contributed by atoms with E-state index in [0.29, 0.717) is 0 Å². The number of nitrogens with one attached hydrogen (secondary N) is 2. The molecule has 1 aromatic carbocycles. The Morgan fingerprint density at radius 1 is 1.16 bits per heavy atom. The molecule has 4 heteroatoms. The molecule has 3 rings (SSSR count). The summed E-state index contributed by atoms with van der Waals surface area (Å²) < 4.78 is 5.86. The Balaban J connectivity index is 1.78. The average Bonchev–Trinajstić information content (AvgIpc) is 3.07. The Kier molecular flexibility index (Phi) is 3.09. The summed E-state index contributed by atoms with van der Waals surface area (Å²) in [5, 5.41) is 11.6. The van der Waals surface area contributed by atoms with Crippen molar-refractivity contribution in [3.8, 4) is 0 Å². The largest absolute Gasteiger partial charge is 0.459 e. The minimum Gasteiger partial charge on any atom is -0.459 e. The number of aromatic nitrogens is 2. The fraction of sp³-hybridized carbons (Fsp3) is 0.267. The predicted molar refractivity (Wildman–Crippen MR) is 74.8 cm³/mol. The second-order valence-corrected chi connectivity index (χ2v) is 4.81. The molecule has 0 aliphatic heterocycles. The van der Waals surface area contributed by atoms with Gasteiger partial charge in [-0.3, -0.25) is 10.4 Å². The summed E-state index contributed by atoms with van der Waals surface area (Å²) in [5.41, 5.74) is 2.00. The Morgan fingerprint density at radius 2 is 2.00 bits per heavy atom. The van der Waals surface area contributed by atoms with Crippen molar-refractivity contribution in [3.05, 3.63) is 54.0 Å². The van der Waals surface area contributed by atoms with Crippen LogP contribution < -0.4 is 5.32 Å². The zero-order valence-electron chi connectivity index (χ0n) is 11.1. The van der Waals surface area contributed by atoms with Gasteiger partial charge in [0.25, 0.3) is 0 Å². The molecular formula is C15H17N3O. The highest BCUT2D eigenvalue weighted by Crippen LogP contribution is 2.25. The number of nitrogens with zero attached hydrogens (tertiary/aromatic N) is 1. The van der Waals surface area contributed by atoms with Gasteiger partial charge in [-0.05, 0) is 32.0 Å². The fourth-order valence-electron chi connectivity index (χ4n) is 2.27. The fourth-order valence-corrected chi connectivity index (χ4v) is 2.27. The number of benzene rings is 1. The van der Waals surface area contributed by atoms with Gasteiger partial charge in [-0.2, -0.15) is 5.10 Å². The van der Waals surface area contributed by atoms with Gasteiger partial charge in [0, 0.05) is 17.6 Å². The highest BCUT2D eigenvalue weighted by atomic mass is 16.3. The molecule has 2 atom stereocenters. The summed E-state index contributed by atoms with van der Waals surface area (Å²) in [6, 6.07) is 12.5. The molecule has 0 spiro atoms. The van der Waals surface area contributed by atoms with Gasteiger partial charge in [-0.25, -0.2) is 0 Å². The second kappa shape index (κ2) is 4.90. The molecule has 0 aliphatic carbocycles. The first-order valence-electron chi connectivity index (χ1n) is 6.48. The Morgan fingerprint density at radius 3 is 2.74 bits per heavy atom. The number of furan rings is 1. The van der Waals surface area contributed by atoms with Crippen LogP contribution in [0.3, 0.4) is 0 Å². The first-order valence-corrected chi connectivity index (χ1v) is 6.48. The van der Waals surface area contributed by atoms with Crippen LogP contribution in [0.15, 0.2) is 47.0 Å². The number of H-pyrrole nitrogens is 1. The highest BCUT2D eigenvalue weighted by Gasteiger charge is 2.15. The third-order valence-corrected chi connectivity index (χ3v) is 3.36. The van der Waals surface area contributed by atoms with Crippen LogP contribution >= 0.6 is 0 Å². The lowest BCUT2D eigenvalue weighted by molar-refractivity contribution is 0.413. The first kappa shape index (κ1) is 12.0. The highest BCUT2D eigenvalue weighted by molar-refractivity contribution is 5.77. The lowest BCUT2D eigenvalue weighted by atomic mass is 10.1. The van der Waals surface area contributed by atoms with E-state index in [-0.39, 0.29) is 12.1 Å². The normalized spacial score (nSPS) is 14.6. The molecule has 4 nitrogen and oxygen atoms in total. The van der Waals surface area contributed by atoms with Crippen molar-refractivity contribution in [2.45, 2.75) is 25.9 Å². The van der Waals surface area contributed by atoms with Crippen molar-refractivity contribution in [3.63, 3.8) is 0 Å². The smallest absolute Gasteiger partial charge is 0.134 e. The zero-order valence-corrected chi connectivity index (χ0v) is 11.1. The van der Waals surface area contributed by atoms with Crippen LogP contribution in [0.2, 0.25) is 0 Å². The minimum atomic E-state index is 0.144. The standard InChI is InChI=1S/C15H17N3O/c1-10(13-7-8-16-18-13)17-11(2)15-9-12-5-3-4-6-14(12)19-15/h3-11,17H,1-2H3,(H,16,18). The molecule has 98 valence electrons. The molecule has 0 amide bonds. The quantitative estimate of drug-likeness (QED) is 0.749. The van der Waals surface area contributed by atoms with Gasteiger partial charge in [0.15, 0.2) is 0 Å². The van der Waals surface area contributed by atoms with E-state index in [1.165, 1.54) is 0 Å². The maximum atomic E-state index is 5.86. The minimum absolute atomic E-state index is 0.144. The molecule has 2 N–H and O–H groups in total. The molecule has 0 radical (unpaired) electrons. The first-order chi connectivity index (χ1) is 9.24. The summed E-state index contributed by atoms with van der Waals surface area (Å²) in [6.45, 7) is 4.21. The average molecular weight is 255 g/mol. The Hall–Kier alpha value is -2.07. The lowest BCUT2D eigenvalue weighted by Crippen LogP contribution is -2.22. The van der Waals surface area contributed by atoms with E-state index in [9.17, 15) is 0 Å². The maximum absolute atomic E-state index is 5.86. The van der Waals surface area contributed by atoms with Crippen molar-refractivity contribution in [2.24, 2.45) is 0 Å². The van der Waals surface area contributed by atoms with E-state index in [1.807, 2.05) is 24.3 Å². The van der Waals surface area contributed by atoms with Crippen LogP contribution in [0.1, 0.15) is 37.4 Å². The summed E-state index contributed by atoms with van der Waals surface area (Å²) in [6.07, 6.45) is 1.76. The summed E-state index contributed by atoms with van der Waals surface area (Å²) >= 11 is 0. The molecule has 2 aromatic heterocycles. The Labute approximate surface area is 111 Å². The number of hydrogen-bond acceptors (Lipinski definition) is 3. The van der Waals surface area contributed by atoms with E-state index in [1.54, 1.807) is 6.20 Å². The van der Waals surface area contributed by atoms with E-state index < -0.39 is 0 Å². The maximum Gasteiger partial charge on any atom is 0.134 e. The molecule has 0 aliphatic rings. The van der Waals surface area contributed by atoms with Crippen LogP contribution in [-0.2, 0) is 0 Å². The van der Waals surface area contributed by atoms with Crippen LogP contribution in [0.25, 0.3) is 11.0 Å². The van der Waals surface area contributed by atoms with Crippen molar-refractivity contribution in [2.75, 3.05) is 0 Å². The second-order valence-electron chi connectivity index (χ2n) is 4.81. The molecular weight excluding hydrogens is 238 g/mol. The molecule has 2 heterocycles. The Bertz CT molecular complexity index is 624. The molecule has 0 bridgehead atoms. The van der Waals surface area contributed by atoms with Crippen LogP contribution in [-0.4, -0.2) is 10.2 Å². The van der Waals surface area contributed by atoms with E-state index in [4.69, 9.17) is 4.42 Å². The lowest BCUT2D eigenvalue weighted by Gasteiger charge is -2.17. The molecule has 3 aromatic rings. The van der Waals surface area contributed by atoms with E-state index in [2.05, 4.69) is 41.5 Å². The van der Waals surface area contributed by atoms with Crippen molar-refractivity contribution in [1.82, 2.24) is 15.5 Å². The number of fused-ring (bicyclic) bond motifs is 1. The van der Waals surface area contributed by atoms with Gasteiger partial charge >= 0.3 is 0 Å². The topological polar surface area (TPSA) is 53.9 Å². The van der Waals surface area contributed by atoms with Gasteiger partial charge in [0.1, 0.15) is 11.3 Å². The van der Waals surface area contributed by atoms with Gasteiger partial charge in [-0.1, -0.05) is 18.2 Å². The third kappa shape index (κ3) is 2.39. The molecule has 0 saturated heterocycles. The van der Waals surface area contributed by atoms with Crippen LogP contribution in [0, 0.1) is 0 Å². The summed E-state index contributed by atoms with van der Waals surface area (Å²) in [4.78, 5) is 0. The molecule has 19 heavy (non-hydrogen) atoms. The number of para-hydroxylation sites is 1. The van der Waals surface area contributed by atoms with Gasteiger partial charge in [-0.15, -0.1) is 0 Å². The summed E-state index contributed by atoms with van der Waals surface area (Å²) in [7, 11) is 0. The number of rotatable bonds is 4. The molecule has 2 unspecified atom stereocenters. The van der Waals surface area contributed by atoms with E-state index in [0.717, 1.165) is 22.4 Å². The monoisotopic (exact) mass is 255 g/mol. The SMILES string of the molecule is CC(NC(C)c1cc2ccccc2o1)c1ccn[nH]1. The van der Waals surface area contributed by atoms with Crippen molar-refractivity contribution < 1.29 is 4.42 Å². The molecule has 0 fully saturated rings. The number of hydrogen-bond donors (Lipinski definition) is 2. The van der Waals surface area contributed by atoms with Gasteiger partial charge < -0.3 is 4.42 Å². The summed E-state index contributed by atoms with van der Waals surface area (Å²) in [5.74, 6) is 0.951.